The molecule has 1 aromatic carbocycles. The monoisotopic (exact) mass is 772 g/mol. The lowest BCUT2D eigenvalue weighted by Gasteiger charge is -2.36. The Bertz CT molecular complexity index is 2030. The normalized spacial score (nSPS) is 15.5. The molecule has 2 amide bonds. The van der Waals surface area contributed by atoms with E-state index in [4.69, 9.17) is 9.16 Å². The van der Waals surface area contributed by atoms with Crippen molar-refractivity contribution in [3.63, 3.8) is 0 Å². The molecule has 1 aliphatic heterocycles. The number of amides is 2. The molecule has 1 atom stereocenters. The molecule has 4 heterocycles. The van der Waals surface area contributed by atoms with Gasteiger partial charge in [-0.2, -0.15) is 13.2 Å². The highest BCUT2D eigenvalue weighted by atomic mass is 32.1. The minimum Gasteiger partial charge on any atom is -0.462 e. The van der Waals surface area contributed by atoms with E-state index in [1.807, 2.05) is 4.57 Å². The van der Waals surface area contributed by atoms with Gasteiger partial charge in [-0.05, 0) is 74.6 Å². The number of benzene rings is 1. The number of hydrogen-bond donors (Lipinski definition) is 2. The maximum Gasteiger partial charge on any atom is 0.434 e. The summed E-state index contributed by atoms with van der Waals surface area (Å²) in [6, 6.07) is 6.07. The first-order chi connectivity index (χ1) is 24.9. The molecule has 0 spiro atoms. The van der Waals surface area contributed by atoms with Gasteiger partial charge in [-0.1, -0.05) is 26.8 Å². The smallest absolute Gasteiger partial charge is 0.434 e. The Morgan fingerprint density at radius 1 is 1.11 bits per heavy atom. The molecular formula is C37H47F3N6O5SSi. The van der Waals surface area contributed by atoms with E-state index >= 15 is 0 Å². The molecule has 3 aromatic heterocycles. The second kappa shape index (κ2) is 16.1. The van der Waals surface area contributed by atoms with Crippen LogP contribution >= 0.6 is 11.3 Å². The zero-order chi connectivity index (χ0) is 38.7. The number of ether oxygens (including phenoxy) is 1. The van der Waals surface area contributed by atoms with Gasteiger partial charge in [0.25, 0.3) is 0 Å². The van der Waals surface area contributed by atoms with Crippen molar-refractivity contribution >= 4 is 48.4 Å². The van der Waals surface area contributed by atoms with Crippen LogP contribution < -0.4 is 16.1 Å². The number of anilines is 1. The van der Waals surface area contributed by atoms with Crippen LogP contribution in [0.15, 0.2) is 46.8 Å². The Kier molecular flexibility index (Phi) is 12.2. The third kappa shape index (κ3) is 9.34. The number of esters is 1. The number of urea groups is 1. The average Bonchev–Trinajstić information content (AvgIpc) is 3.76. The molecule has 5 rings (SSSR count). The molecule has 53 heavy (non-hydrogen) atoms. The zero-order valence-corrected chi connectivity index (χ0v) is 33.0. The predicted molar refractivity (Wildman–Crippen MR) is 204 cm³/mol. The van der Waals surface area contributed by atoms with Crippen molar-refractivity contribution in [3.05, 3.63) is 63.5 Å². The number of nitrogens with zero attached hydrogens (tertiary/aromatic N) is 4. The number of halogens is 3. The second-order valence-corrected chi connectivity index (χ2v) is 20.3. The van der Waals surface area contributed by atoms with Gasteiger partial charge in [0.1, 0.15) is 16.4 Å². The van der Waals surface area contributed by atoms with Crippen LogP contribution in [0.4, 0.5) is 23.8 Å². The summed E-state index contributed by atoms with van der Waals surface area (Å²) in [6.07, 6.45) is -0.743. The third-order valence-electron chi connectivity index (χ3n) is 9.90. The van der Waals surface area contributed by atoms with Crippen molar-refractivity contribution in [2.75, 3.05) is 44.7 Å². The van der Waals surface area contributed by atoms with Crippen LogP contribution in [0.25, 0.3) is 32.6 Å². The Hall–Kier alpha value is -4.12. The topological polar surface area (TPSA) is 128 Å². The summed E-state index contributed by atoms with van der Waals surface area (Å²) < 4.78 is 54.3. The first-order valence-corrected chi connectivity index (χ1v) is 21.5. The molecule has 286 valence electrons. The summed E-state index contributed by atoms with van der Waals surface area (Å²) in [5.74, 6) is -0.389. The minimum atomic E-state index is -4.66. The molecule has 1 saturated heterocycles. The number of fused-ring (bicyclic) bond motifs is 1. The Morgan fingerprint density at radius 2 is 1.87 bits per heavy atom. The van der Waals surface area contributed by atoms with E-state index < -0.39 is 37.6 Å². The molecule has 1 unspecified atom stereocenters. The number of carbonyl (C=O) groups excluding carboxylic acids is 2. The maximum atomic E-state index is 13.9. The highest BCUT2D eigenvalue weighted by Crippen LogP contribution is 2.39. The number of alkyl halides is 3. The number of thiazole rings is 1. The quantitative estimate of drug-likeness (QED) is 0.110. The number of pyridine rings is 2. The van der Waals surface area contributed by atoms with Gasteiger partial charge in [0, 0.05) is 67.1 Å². The zero-order valence-electron chi connectivity index (χ0n) is 31.1. The molecule has 0 aliphatic carbocycles. The van der Waals surface area contributed by atoms with E-state index in [2.05, 4.69) is 59.4 Å². The van der Waals surface area contributed by atoms with Crippen LogP contribution in [0.1, 0.15) is 57.1 Å². The molecular weight excluding hydrogens is 726 g/mol. The second-order valence-electron chi connectivity index (χ2n) is 14.7. The molecule has 1 fully saturated rings. The lowest BCUT2D eigenvalue weighted by atomic mass is 9.99. The number of likely N-dealkylation sites (tertiary alicyclic amines) is 1. The summed E-state index contributed by atoms with van der Waals surface area (Å²) in [5, 5.41) is 6.53. The summed E-state index contributed by atoms with van der Waals surface area (Å²) in [5.41, 5.74) is 0.0459. The van der Waals surface area contributed by atoms with Crippen LogP contribution in [0.3, 0.4) is 0 Å². The number of hydrogen-bond acceptors (Lipinski definition) is 9. The number of carbonyl (C=O) groups is 2. The number of rotatable bonds is 12. The van der Waals surface area contributed by atoms with E-state index in [0.717, 1.165) is 42.8 Å². The van der Waals surface area contributed by atoms with E-state index in [1.54, 1.807) is 38.2 Å². The Labute approximate surface area is 312 Å². The van der Waals surface area contributed by atoms with Crippen molar-refractivity contribution in [2.45, 2.75) is 71.9 Å². The van der Waals surface area contributed by atoms with Crippen molar-refractivity contribution in [2.24, 2.45) is 5.92 Å². The highest BCUT2D eigenvalue weighted by molar-refractivity contribution is 7.13. The maximum absolute atomic E-state index is 13.9. The van der Waals surface area contributed by atoms with Crippen molar-refractivity contribution in [1.29, 1.82) is 0 Å². The average molecular weight is 773 g/mol. The van der Waals surface area contributed by atoms with Crippen molar-refractivity contribution in [1.82, 2.24) is 24.8 Å². The first kappa shape index (κ1) is 40.1. The number of aromatic nitrogens is 3. The first-order valence-electron chi connectivity index (χ1n) is 17.7. The third-order valence-corrected chi connectivity index (χ3v) is 15.3. The van der Waals surface area contributed by atoms with Gasteiger partial charge >= 0.3 is 18.2 Å². The van der Waals surface area contributed by atoms with Gasteiger partial charge in [-0.25, -0.2) is 19.6 Å². The molecule has 4 aromatic rings. The molecule has 11 nitrogen and oxygen atoms in total. The fraction of sp³-hybridized carbons (Fsp3) is 0.486. The summed E-state index contributed by atoms with van der Waals surface area (Å²) in [6.45, 7) is 18.8. The fourth-order valence-electron chi connectivity index (χ4n) is 6.04. The van der Waals surface area contributed by atoms with E-state index in [-0.39, 0.29) is 44.9 Å². The lowest BCUT2D eigenvalue weighted by Crippen LogP contribution is -2.42. The highest BCUT2D eigenvalue weighted by Gasteiger charge is 2.37. The number of nitrogens with one attached hydrogen (secondary N) is 2. The summed E-state index contributed by atoms with van der Waals surface area (Å²) in [4.78, 5) is 49.8. The standard InChI is InChI=1S/C37H47F3N6O5SSi/c1-8-41-35(49)44-31-17-25(33-43-30(22-52-33)37(38,39)40)27(18-42-31)24-10-11-29-26(16-24)32(47)28(34(48)50-9-2)21-46(29)20-23-12-13-45(19-23)14-15-51-53(6,7)36(3,4)5/h10-11,16-18,21-23H,8-9,12-15,19-20H2,1-7H3,(H2,41,42,44,49). The lowest BCUT2D eigenvalue weighted by molar-refractivity contribution is -0.140. The Morgan fingerprint density at radius 3 is 2.53 bits per heavy atom. The van der Waals surface area contributed by atoms with Crippen LogP contribution in [-0.2, 0) is 21.9 Å². The SMILES string of the molecule is CCNC(=O)Nc1cc(-c2nc(C(F)(F)F)cs2)c(-c2ccc3c(c2)c(=O)c(C(=O)OCC)cn3CC2CCN(CCO[Si](C)(C)C(C)(C)C)C2)cn1. The molecule has 1 aliphatic rings. The van der Waals surface area contributed by atoms with Crippen LogP contribution in [-0.4, -0.2) is 79.1 Å². The molecule has 0 bridgehead atoms. The molecule has 16 heteroatoms. The van der Waals surface area contributed by atoms with Crippen LogP contribution in [0.5, 0.6) is 0 Å². The predicted octanol–water partition coefficient (Wildman–Crippen LogP) is 7.87. The summed E-state index contributed by atoms with van der Waals surface area (Å²) >= 11 is 0.798. The van der Waals surface area contributed by atoms with E-state index in [9.17, 15) is 27.6 Å². The fourth-order valence-corrected chi connectivity index (χ4v) is 7.93. The van der Waals surface area contributed by atoms with Gasteiger partial charge in [-0.3, -0.25) is 10.1 Å². The van der Waals surface area contributed by atoms with E-state index in [1.165, 1.54) is 12.3 Å². The van der Waals surface area contributed by atoms with Crippen LogP contribution in [0.2, 0.25) is 18.1 Å². The van der Waals surface area contributed by atoms with Gasteiger partial charge in [-0.15, -0.1) is 11.3 Å². The molecule has 2 N–H and O–H groups in total. The van der Waals surface area contributed by atoms with Crippen molar-refractivity contribution < 1.29 is 31.9 Å². The van der Waals surface area contributed by atoms with Crippen LogP contribution in [0, 0.1) is 5.92 Å². The summed E-state index contributed by atoms with van der Waals surface area (Å²) in [7, 11) is -1.86. The van der Waals surface area contributed by atoms with Gasteiger partial charge in [0.2, 0.25) is 5.43 Å². The molecule has 0 radical (unpaired) electrons. The van der Waals surface area contributed by atoms with Gasteiger partial charge in [0.05, 0.1) is 12.1 Å². The molecule has 0 saturated carbocycles. The van der Waals surface area contributed by atoms with E-state index in [0.29, 0.717) is 36.3 Å². The largest absolute Gasteiger partial charge is 0.462 e. The minimum absolute atomic E-state index is 0.0481. The Balaban J connectivity index is 1.50. The van der Waals surface area contributed by atoms with Gasteiger partial charge in [0.15, 0.2) is 14.0 Å². The van der Waals surface area contributed by atoms with Crippen molar-refractivity contribution in [3.8, 4) is 21.7 Å². The van der Waals surface area contributed by atoms with Gasteiger partial charge < -0.3 is 23.9 Å².